The van der Waals surface area contributed by atoms with Gasteiger partial charge < -0.3 is 14.3 Å². The number of hydrogen-bond donors (Lipinski definition) is 1. The van der Waals surface area contributed by atoms with Crippen LogP contribution < -0.4 is 4.74 Å². The van der Waals surface area contributed by atoms with Crippen LogP contribution in [0.1, 0.15) is 23.0 Å². The molecule has 2 rings (SSSR count). The van der Waals surface area contributed by atoms with Crippen molar-refractivity contribution in [2.45, 2.75) is 19.4 Å². The minimum atomic E-state index is -0.550. The van der Waals surface area contributed by atoms with Crippen LogP contribution in [0, 0.1) is 6.92 Å². The molecular weight excluding hydrogens is 216 g/mol. The predicted molar refractivity (Wildman–Crippen MR) is 65.1 cm³/mol. The topological polar surface area (TPSA) is 42.6 Å². The monoisotopic (exact) mass is 232 g/mol. The Balaban J connectivity index is 2.14. The van der Waals surface area contributed by atoms with Gasteiger partial charge in [0.25, 0.3) is 0 Å². The maximum Gasteiger partial charge on any atom is 0.121 e. The molecule has 1 aromatic carbocycles. The van der Waals surface area contributed by atoms with Crippen molar-refractivity contribution in [3.8, 4) is 5.75 Å². The molecule has 1 aromatic heterocycles. The molecule has 3 nitrogen and oxygen atoms in total. The molecule has 2 aromatic rings. The fourth-order valence-electron chi connectivity index (χ4n) is 1.85. The maximum atomic E-state index is 10.1. The lowest BCUT2D eigenvalue weighted by Gasteiger charge is -2.12. The molecule has 0 bridgehead atoms. The molecule has 1 heterocycles. The predicted octanol–water partition coefficient (Wildman–Crippen LogP) is 2.87. The van der Waals surface area contributed by atoms with Gasteiger partial charge >= 0.3 is 0 Å². The van der Waals surface area contributed by atoms with E-state index in [1.165, 1.54) is 0 Å². The van der Waals surface area contributed by atoms with E-state index in [0.717, 1.165) is 22.6 Å². The summed E-state index contributed by atoms with van der Waals surface area (Å²) in [5.41, 5.74) is 1.89. The third kappa shape index (κ3) is 2.68. The van der Waals surface area contributed by atoms with E-state index < -0.39 is 6.10 Å². The highest BCUT2D eigenvalue weighted by molar-refractivity contribution is 5.37. The normalized spacial score (nSPS) is 12.4. The number of ether oxygens (including phenoxy) is 1. The van der Waals surface area contributed by atoms with E-state index in [9.17, 15) is 5.11 Å². The van der Waals surface area contributed by atoms with Gasteiger partial charge in [-0.25, -0.2) is 0 Å². The van der Waals surface area contributed by atoms with Gasteiger partial charge in [-0.2, -0.15) is 0 Å². The van der Waals surface area contributed by atoms with E-state index in [2.05, 4.69) is 0 Å². The van der Waals surface area contributed by atoms with Crippen molar-refractivity contribution in [3.05, 3.63) is 53.5 Å². The van der Waals surface area contributed by atoms with E-state index in [1.807, 2.05) is 37.3 Å². The van der Waals surface area contributed by atoms with Crippen molar-refractivity contribution < 1.29 is 14.3 Å². The number of aliphatic hydroxyl groups excluding tert-OH is 1. The van der Waals surface area contributed by atoms with Crippen LogP contribution in [0.4, 0.5) is 0 Å². The molecule has 3 heteroatoms. The Morgan fingerprint density at radius 3 is 2.76 bits per heavy atom. The summed E-state index contributed by atoms with van der Waals surface area (Å²) in [6, 6.07) is 9.36. The summed E-state index contributed by atoms with van der Waals surface area (Å²) in [6.45, 7) is 1.96. The number of furan rings is 1. The molecule has 0 saturated carbocycles. The van der Waals surface area contributed by atoms with E-state index in [4.69, 9.17) is 9.15 Å². The molecule has 0 radical (unpaired) electrons. The Kier molecular flexibility index (Phi) is 3.49. The summed E-state index contributed by atoms with van der Waals surface area (Å²) in [7, 11) is 1.64. The molecule has 1 atom stereocenters. The fraction of sp³-hybridized carbons (Fsp3) is 0.286. The number of rotatable bonds is 4. The zero-order valence-corrected chi connectivity index (χ0v) is 10.0. The summed E-state index contributed by atoms with van der Waals surface area (Å²) in [5.74, 6) is 1.62. The lowest BCUT2D eigenvalue weighted by Crippen LogP contribution is -2.01. The van der Waals surface area contributed by atoms with Gasteiger partial charge in [0.05, 0.1) is 19.5 Å². The number of aliphatic hydroxyl groups is 1. The standard InChI is InChI=1S/C14H16O3/c1-10-8-11(5-6-14(10)16-2)13(15)9-12-4-3-7-17-12/h3-8,13,15H,9H2,1-2H3. The average molecular weight is 232 g/mol. The minimum absolute atomic E-state index is 0.485. The van der Waals surface area contributed by atoms with Crippen molar-refractivity contribution in [3.63, 3.8) is 0 Å². The minimum Gasteiger partial charge on any atom is -0.496 e. The number of methoxy groups -OCH3 is 1. The van der Waals surface area contributed by atoms with Crippen molar-refractivity contribution in [1.82, 2.24) is 0 Å². The summed E-state index contributed by atoms with van der Waals surface area (Å²) in [5, 5.41) is 10.1. The Morgan fingerprint density at radius 2 is 2.18 bits per heavy atom. The first-order chi connectivity index (χ1) is 8.20. The van der Waals surface area contributed by atoms with Crippen LogP contribution in [-0.2, 0) is 6.42 Å². The van der Waals surface area contributed by atoms with Gasteiger partial charge in [0.1, 0.15) is 11.5 Å². The molecule has 0 saturated heterocycles. The second-order valence-corrected chi connectivity index (χ2v) is 4.03. The highest BCUT2D eigenvalue weighted by Crippen LogP contribution is 2.24. The zero-order chi connectivity index (χ0) is 12.3. The third-order valence-electron chi connectivity index (χ3n) is 2.78. The first kappa shape index (κ1) is 11.7. The molecule has 90 valence electrons. The summed E-state index contributed by atoms with van der Waals surface area (Å²) in [4.78, 5) is 0. The highest BCUT2D eigenvalue weighted by Gasteiger charge is 2.11. The molecule has 0 aliphatic carbocycles. The fourth-order valence-corrected chi connectivity index (χ4v) is 1.85. The Morgan fingerprint density at radius 1 is 1.35 bits per heavy atom. The van der Waals surface area contributed by atoms with Crippen LogP contribution >= 0.6 is 0 Å². The molecule has 0 fully saturated rings. The maximum absolute atomic E-state index is 10.1. The molecule has 17 heavy (non-hydrogen) atoms. The van der Waals surface area contributed by atoms with Crippen LogP contribution in [0.25, 0.3) is 0 Å². The molecule has 0 spiro atoms. The van der Waals surface area contributed by atoms with Crippen LogP contribution in [0.3, 0.4) is 0 Å². The van der Waals surface area contributed by atoms with Crippen molar-refractivity contribution in [2.24, 2.45) is 0 Å². The van der Waals surface area contributed by atoms with Crippen molar-refractivity contribution in [1.29, 1.82) is 0 Å². The van der Waals surface area contributed by atoms with Gasteiger partial charge in [-0.1, -0.05) is 6.07 Å². The van der Waals surface area contributed by atoms with Gasteiger partial charge in [-0.3, -0.25) is 0 Å². The van der Waals surface area contributed by atoms with E-state index >= 15 is 0 Å². The molecular formula is C14H16O3. The number of aryl methyl sites for hydroxylation is 1. The first-order valence-electron chi connectivity index (χ1n) is 5.55. The largest absolute Gasteiger partial charge is 0.496 e. The summed E-state index contributed by atoms with van der Waals surface area (Å²) in [6.07, 6.45) is 1.55. The Hall–Kier alpha value is -1.74. The summed E-state index contributed by atoms with van der Waals surface area (Å²) < 4.78 is 10.4. The van der Waals surface area contributed by atoms with E-state index in [0.29, 0.717) is 6.42 Å². The molecule has 0 aliphatic rings. The Bertz CT molecular complexity index is 474. The average Bonchev–Trinajstić information content (AvgIpc) is 2.81. The second kappa shape index (κ2) is 5.06. The summed E-state index contributed by atoms with van der Waals surface area (Å²) >= 11 is 0. The first-order valence-corrected chi connectivity index (χ1v) is 5.55. The molecule has 0 amide bonds. The molecule has 0 aliphatic heterocycles. The smallest absolute Gasteiger partial charge is 0.121 e. The van der Waals surface area contributed by atoms with E-state index in [-0.39, 0.29) is 0 Å². The third-order valence-corrected chi connectivity index (χ3v) is 2.78. The lowest BCUT2D eigenvalue weighted by molar-refractivity contribution is 0.170. The van der Waals surface area contributed by atoms with E-state index in [1.54, 1.807) is 13.4 Å². The zero-order valence-electron chi connectivity index (χ0n) is 10.0. The van der Waals surface area contributed by atoms with Crippen LogP contribution in [0.5, 0.6) is 5.75 Å². The van der Waals surface area contributed by atoms with Crippen molar-refractivity contribution >= 4 is 0 Å². The van der Waals surface area contributed by atoms with Gasteiger partial charge in [0.2, 0.25) is 0 Å². The van der Waals surface area contributed by atoms with Crippen LogP contribution in [-0.4, -0.2) is 12.2 Å². The molecule has 1 N–H and O–H groups in total. The highest BCUT2D eigenvalue weighted by atomic mass is 16.5. The van der Waals surface area contributed by atoms with Gasteiger partial charge in [-0.15, -0.1) is 0 Å². The van der Waals surface area contributed by atoms with Crippen molar-refractivity contribution in [2.75, 3.05) is 7.11 Å². The van der Waals surface area contributed by atoms with Gasteiger partial charge in [0, 0.05) is 6.42 Å². The quantitative estimate of drug-likeness (QED) is 0.881. The second-order valence-electron chi connectivity index (χ2n) is 4.03. The van der Waals surface area contributed by atoms with Crippen LogP contribution in [0.2, 0.25) is 0 Å². The van der Waals surface area contributed by atoms with Gasteiger partial charge in [-0.05, 0) is 42.3 Å². The SMILES string of the molecule is COc1ccc(C(O)Cc2ccco2)cc1C. The van der Waals surface area contributed by atoms with Gasteiger partial charge in [0.15, 0.2) is 0 Å². The number of benzene rings is 1. The Labute approximate surface area is 101 Å². The lowest BCUT2D eigenvalue weighted by atomic mass is 10.0. The molecule has 1 unspecified atom stereocenters. The number of hydrogen-bond acceptors (Lipinski definition) is 3. The van der Waals surface area contributed by atoms with Crippen LogP contribution in [0.15, 0.2) is 41.0 Å².